The van der Waals surface area contributed by atoms with Gasteiger partial charge in [-0.15, -0.1) is 11.3 Å². The first kappa shape index (κ1) is 20.0. The van der Waals surface area contributed by atoms with Gasteiger partial charge in [-0.3, -0.25) is 9.78 Å². The zero-order chi connectivity index (χ0) is 19.8. The van der Waals surface area contributed by atoms with Crippen LogP contribution in [-0.2, 0) is 11.2 Å². The van der Waals surface area contributed by atoms with E-state index in [9.17, 15) is 4.79 Å². The van der Waals surface area contributed by atoms with Gasteiger partial charge in [-0.1, -0.05) is 26.0 Å². The molecule has 5 nitrogen and oxygen atoms in total. The van der Waals surface area contributed by atoms with Gasteiger partial charge < -0.3 is 10.1 Å². The molecule has 0 unspecified atom stereocenters. The summed E-state index contributed by atoms with van der Waals surface area (Å²) in [5.74, 6) is 1.06. The minimum atomic E-state index is -0.105. The van der Waals surface area contributed by atoms with E-state index in [-0.39, 0.29) is 12.5 Å². The molecule has 2 aromatic heterocycles. The fourth-order valence-electron chi connectivity index (χ4n) is 2.71. The van der Waals surface area contributed by atoms with Crippen LogP contribution in [0.25, 0.3) is 11.3 Å². The lowest BCUT2D eigenvalue weighted by molar-refractivity contribution is -0.123. The van der Waals surface area contributed by atoms with Gasteiger partial charge >= 0.3 is 0 Å². The first-order valence-electron chi connectivity index (χ1n) is 9.46. The summed E-state index contributed by atoms with van der Waals surface area (Å²) < 4.78 is 5.60. The molecule has 3 aromatic rings. The highest BCUT2D eigenvalue weighted by molar-refractivity contribution is 7.09. The second-order valence-corrected chi connectivity index (χ2v) is 7.77. The van der Waals surface area contributed by atoms with Crippen molar-refractivity contribution in [3.8, 4) is 17.0 Å². The fourth-order valence-corrected chi connectivity index (χ4v) is 3.56. The van der Waals surface area contributed by atoms with Crippen LogP contribution in [-0.4, -0.2) is 29.0 Å². The molecule has 2 heterocycles. The number of benzene rings is 1. The third kappa shape index (κ3) is 5.89. The van der Waals surface area contributed by atoms with Gasteiger partial charge in [-0.25, -0.2) is 4.98 Å². The van der Waals surface area contributed by atoms with Crippen molar-refractivity contribution in [3.63, 3.8) is 0 Å². The highest BCUT2D eigenvalue weighted by Crippen LogP contribution is 2.22. The number of thiazole rings is 1. The van der Waals surface area contributed by atoms with Crippen molar-refractivity contribution in [2.24, 2.45) is 0 Å². The summed E-state index contributed by atoms with van der Waals surface area (Å²) in [7, 11) is 0. The molecular weight excluding hydrogens is 370 g/mol. The van der Waals surface area contributed by atoms with Crippen molar-refractivity contribution in [1.82, 2.24) is 15.3 Å². The Hall–Kier alpha value is -2.73. The number of carbonyl (C=O) groups excluding carboxylic acids is 1. The third-order valence-electron chi connectivity index (χ3n) is 4.31. The monoisotopic (exact) mass is 395 g/mol. The molecule has 0 aliphatic carbocycles. The molecule has 0 bridgehead atoms. The Morgan fingerprint density at radius 1 is 1.21 bits per heavy atom. The Labute approximate surface area is 169 Å². The molecule has 1 aromatic carbocycles. The van der Waals surface area contributed by atoms with Gasteiger partial charge in [-0.05, 0) is 42.2 Å². The van der Waals surface area contributed by atoms with E-state index in [1.54, 1.807) is 23.7 Å². The van der Waals surface area contributed by atoms with Crippen molar-refractivity contribution in [3.05, 3.63) is 64.7 Å². The second kappa shape index (κ2) is 9.99. The quantitative estimate of drug-likeness (QED) is 0.544. The summed E-state index contributed by atoms with van der Waals surface area (Å²) in [5.41, 5.74) is 3.25. The third-order valence-corrected chi connectivity index (χ3v) is 5.22. The predicted octanol–water partition coefficient (Wildman–Crippen LogP) is 4.46. The zero-order valence-corrected chi connectivity index (χ0v) is 17.0. The van der Waals surface area contributed by atoms with Gasteiger partial charge in [0, 0.05) is 36.3 Å². The van der Waals surface area contributed by atoms with E-state index in [4.69, 9.17) is 4.74 Å². The van der Waals surface area contributed by atoms with E-state index >= 15 is 0 Å². The van der Waals surface area contributed by atoms with Gasteiger partial charge in [0.15, 0.2) is 6.61 Å². The van der Waals surface area contributed by atoms with E-state index in [0.29, 0.717) is 12.5 Å². The van der Waals surface area contributed by atoms with Gasteiger partial charge in [-0.2, -0.15) is 0 Å². The molecule has 0 atom stereocenters. The molecule has 1 N–H and O–H groups in total. The smallest absolute Gasteiger partial charge is 0.257 e. The van der Waals surface area contributed by atoms with Crippen LogP contribution >= 0.6 is 11.3 Å². The minimum absolute atomic E-state index is 0.0327. The molecule has 0 radical (unpaired) electrons. The number of hydrogen-bond acceptors (Lipinski definition) is 5. The molecule has 0 aliphatic rings. The lowest BCUT2D eigenvalue weighted by Crippen LogP contribution is -2.29. The van der Waals surface area contributed by atoms with E-state index in [2.05, 4.69) is 40.6 Å². The van der Waals surface area contributed by atoms with Gasteiger partial charge in [0.1, 0.15) is 5.75 Å². The van der Waals surface area contributed by atoms with Gasteiger partial charge in [0.25, 0.3) is 5.91 Å². The molecule has 0 spiro atoms. The predicted molar refractivity (Wildman–Crippen MR) is 113 cm³/mol. The fraction of sp³-hybridized carbons (Fsp3) is 0.318. The minimum Gasteiger partial charge on any atom is -0.484 e. The molecule has 0 saturated carbocycles. The molecule has 0 aliphatic heterocycles. The lowest BCUT2D eigenvalue weighted by atomic mass is 10.0. The molecule has 0 fully saturated rings. The van der Waals surface area contributed by atoms with Crippen LogP contribution in [0.5, 0.6) is 5.75 Å². The van der Waals surface area contributed by atoms with E-state index in [1.807, 2.05) is 30.3 Å². The molecule has 6 heteroatoms. The maximum absolute atomic E-state index is 12.0. The summed E-state index contributed by atoms with van der Waals surface area (Å²) in [6.07, 6.45) is 5.22. The van der Waals surface area contributed by atoms with E-state index < -0.39 is 0 Å². The molecule has 146 valence electrons. The Kier molecular flexibility index (Phi) is 7.14. The number of nitrogens with zero attached hydrogens (tertiary/aromatic N) is 2. The first-order valence-corrected chi connectivity index (χ1v) is 10.3. The topological polar surface area (TPSA) is 64.1 Å². The van der Waals surface area contributed by atoms with E-state index in [1.165, 1.54) is 5.56 Å². The Bertz CT molecular complexity index is 894. The van der Waals surface area contributed by atoms with Crippen molar-refractivity contribution in [2.45, 2.75) is 32.6 Å². The first-order chi connectivity index (χ1) is 13.6. The number of nitrogens with one attached hydrogen (secondary N) is 1. The van der Waals surface area contributed by atoms with Crippen molar-refractivity contribution in [2.75, 3.05) is 13.2 Å². The largest absolute Gasteiger partial charge is 0.484 e. The highest BCUT2D eigenvalue weighted by Gasteiger charge is 2.07. The van der Waals surface area contributed by atoms with Crippen molar-refractivity contribution >= 4 is 17.2 Å². The van der Waals surface area contributed by atoms with Crippen LogP contribution < -0.4 is 10.1 Å². The van der Waals surface area contributed by atoms with Crippen LogP contribution in [0.4, 0.5) is 0 Å². The Morgan fingerprint density at radius 2 is 2.04 bits per heavy atom. The zero-order valence-electron chi connectivity index (χ0n) is 16.2. The van der Waals surface area contributed by atoms with Gasteiger partial charge in [0.2, 0.25) is 0 Å². The SMILES string of the molecule is CC(C)c1cccc(OCC(=O)NCCCc2nc(-c3ccncc3)cs2)c1. The van der Waals surface area contributed by atoms with E-state index in [0.717, 1.165) is 34.9 Å². The maximum atomic E-state index is 12.0. The number of amides is 1. The van der Waals surface area contributed by atoms with Crippen molar-refractivity contribution in [1.29, 1.82) is 0 Å². The summed E-state index contributed by atoms with van der Waals surface area (Å²) >= 11 is 1.65. The molecule has 3 rings (SSSR count). The summed E-state index contributed by atoms with van der Waals surface area (Å²) in [6.45, 7) is 4.91. The number of rotatable bonds is 9. The molecular formula is C22H25N3O2S. The highest BCUT2D eigenvalue weighted by atomic mass is 32.1. The molecule has 28 heavy (non-hydrogen) atoms. The number of aryl methyl sites for hydroxylation is 1. The summed E-state index contributed by atoms with van der Waals surface area (Å²) in [6, 6.07) is 11.8. The molecule has 1 amide bonds. The van der Waals surface area contributed by atoms with Crippen LogP contribution in [0.3, 0.4) is 0 Å². The standard InChI is InChI=1S/C22H25N3O2S/c1-16(2)18-5-3-6-19(13-18)27-14-21(26)24-10-4-7-22-25-20(15-28-22)17-8-11-23-12-9-17/h3,5-6,8-9,11-13,15-16H,4,7,10,14H2,1-2H3,(H,24,26). The number of aromatic nitrogens is 2. The summed E-state index contributed by atoms with van der Waals surface area (Å²) in [5, 5.41) is 6.03. The second-order valence-electron chi connectivity index (χ2n) is 6.83. The maximum Gasteiger partial charge on any atom is 0.257 e. The Morgan fingerprint density at radius 3 is 2.82 bits per heavy atom. The van der Waals surface area contributed by atoms with Crippen LogP contribution in [0.1, 0.15) is 36.8 Å². The number of hydrogen-bond donors (Lipinski definition) is 1. The van der Waals surface area contributed by atoms with Gasteiger partial charge in [0.05, 0.1) is 10.7 Å². The van der Waals surface area contributed by atoms with Crippen molar-refractivity contribution < 1.29 is 9.53 Å². The molecule has 0 saturated heterocycles. The number of pyridine rings is 1. The number of ether oxygens (including phenoxy) is 1. The summed E-state index contributed by atoms with van der Waals surface area (Å²) in [4.78, 5) is 20.7. The normalized spacial score (nSPS) is 10.8. The van der Waals surface area contributed by atoms with Crippen LogP contribution in [0.2, 0.25) is 0 Å². The van der Waals surface area contributed by atoms with Crippen LogP contribution in [0, 0.1) is 0 Å². The Balaban J connectivity index is 1.37. The van der Waals surface area contributed by atoms with Crippen LogP contribution in [0.15, 0.2) is 54.2 Å². The average molecular weight is 396 g/mol. The average Bonchev–Trinajstić information content (AvgIpc) is 3.19. The number of carbonyl (C=O) groups is 1. The lowest BCUT2D eigenvalue weighted by Gasteiger charge is -2.10.